The van der Waals surface area contributed by atoms with Crippen LogP contribution in [0.1, 0.15) is 25.7 Å². The van der Waals surface area contributed by atoms with Gasteiger partial charge in [0.05, 0.1) is 13.1 Å². The molecule has 21 heavy (non-hydrogen) atoms. The molecule has 2 fully saturated rings. The van der Waals surface area contributed by atoms with Gasteiger partial charge in [-0.3, -0.25) is 14.5 Å². The first-order valence-electron chi connectivity index (χ1n) is 7.63. The highest BCUT2D eigenvalue weighted by Gasteiger charge is 2.21. The molecule has 2 amide bonds. The van der Waals surface area contributed by atoms with E-state index in [1.807, 2.05) is 11.9 Å². The molecular formula is C14H27ClN4O2. The van der Waals surface area contributed by atoms with Crippen molar-refractivity contribution < 1.29 is 9.59 Å². The average Bonchev–Trinajstić information content (AvgIpc) is 2.99. The molecule has 0 bridgehead atoms. The van der Waals surface area contributed by atoms with Crippen LogP contribution in [0, 0.1) is 0 Å². The molecule has 2 aliphatic rings. The number of amides is 2. The van der Waals surface area contributed by atoms with Crippen LogP contribution in [-0.4, -0.2) is 74.0 Å². The van der Waals surface area contributed by atoms with Crippen molar-refractivity contribution in [2.45, 2.75) is 31.7 Å². The van der Waals surface area contributed by atoms with Gasteiger partial charge in [0.1, 0.15) is 0 Å². The van der Waals surface area contributed by atoms with Gasteiger partial charge in [0.15, 0.2) is 0 Å². The molecule has 2 aliphatic heterocycles. The van der Waals surface area contributed by atoms with E-state index in [1.54, 1.807) is 0 Å². The van der Waals surface area contributed by atoms with Gasteiger partial charge >= 0.3 is 0 Å². The van der Waals surface area contributed by atoms with Gasteiger partial charge in [-0.2, -0.15) is 0 Å². The first kappa shape index (κ1) is 18.2. The summed E-state index contributed by atoms with van der Waals surface area (Å²) in [6, 6.07) is 0.475. The van der Waals surface area contributed by atoms with Crippen LogP contribution in [0.5, 0.6) is 0 Å². The number of rotatable bonds is 5. The van der Waals surface area contributed by atoms with Crippen molar-refractivity contribution in [3.05, 3.63) is 0 Å². The Hall–Kier alpha value is -0.850. The zero-order valence-corrected chi connectivity index (χ0v) is 13.6. The lowest BCUT2D eigenvalue weighted by Gasteiger charge is -2.31. The SMILES string of the molecule is CNC1CCCN(CC(=O)NCC(=O)N2CCCC2)C1.Cl. The van der Waals surface area contributed by atoms with E-state index in [2.05, 4.69) is 15.5 Å². The van der Waals surface area contributed by atoms with Gasteiger partial charge in [-0.15, -0.1) is 12.4 Å². The highest BCUT2D eigenvalue weighted by molar-refractivity contribution is 5.86. The molecule has 1 unspecified atom stereocenters. The quantitative estimate of drug-likeness (QED) is 0.739. The normalized spacial score (nSPS) is 22.7. The highest BCUT2D eigenvalue weighted by Crippen LogP contribution is 2.09. The molecule has 0 spiro atoms. The van der Waals surface area contributed by atoms with Crippen molar-refractivity contribution in [1.29, 1.82) is 0 Å². The van der Waals surface area contributed by atoms with E-state index in [-0.39, 0.29) is 30.8 Å². The van der Waals surface area contributed by atoms with Crippen LogP contribution < -0.4 is 10.6 Å². The largest absolute Gasteiger partial charge is 0.346 e. The summed E-state index contributed by atoms with van der Waals surface area (Å²) in [4.78, 5) is 27.7. The summed E-state index contributed by atoms with van der Waals surface area (Å²) in [6.07, 6.45) is 4.45. The predicted octanol–water partition coefficient (Wildman–Crippen LogP) is -0.169. The number of likely N-dealkylation sites (N-methyl/N-ethyl adjacent to an activating group) is 1. The lowest BCUT2D eigenvalue weighted by atomic mass is 10.1. The van der Waals surface area contributed by atoms with Gasteiger partial charge in [-0.25, -0.2) is 0 Å². The van der Waals surface area contributed by atoms with Crippen LogP contribution in [0.25, 0.3) is 0 Å². The summed E-state index contributed by atoms with van der Waals surface area (Å²) in [5.41, 5.74) is 0. The summed E-state index contributed by atoms with van der Waals surface area (Å²) >= 11 is 0. The van der Waals surface area contributed by atoms with Crippen molar-refractivity contribution in [2.24, 2.45) is 0 Å². The van der Waals surface area contributed by atoms with E-state index < -0.39 is 0 Å². The molecule has 2 heterocycles. The van der Waals surface area contributed by atoms with E-state index in [0.717, 1.165) is 45.4 Å². The smallest absolute Gasteiger partial charge is 0.241 e. The Morgan fingerprint density at radius 3 is 2.52 bits per heavy atom. The molecule has 2 saturated heterocycles. The number of nitrogens with one attached hydrogen (secondary N) is 2. The first-order chi connectivity index (χ1) is 9.69. The molecule has 0 aliphatic carbocycles. The first-order valence-corrected chi connectivity index (χ1v) is 7.63. The van der Waals surface area contributed by atoms with Crippen LogP contribution >= 0.6 is 12.4 Å². The summed E-state index contributed by atoms with van der Waals surface area (Å²) < 4.78 is 0. The minimum atomic E-state index is -0.0469. The summed E-state index contributed by atoms with van der Waals surface area (Å²) in [6.45, 7) is 4.08. The molecular weight excluding hydrogens is 292 g/mol. The number of carbonyl (C=O) groups excluding carboxylic acids is 2. The number of hydrogen-bond donors (Lipinski definition) is 2. The molecule has 0 aromatic rings. The fourth-order valence-corrected chi connectivity index (χ4v) is 2.95. The number of piperidine rings is 1. The number of nitrogens with zero attached hydrogens (tertiary/aromatic N) is 2. The minimum absolute atomic E-state index is 0. The number of carbonyl (C=O) groups is 2. The molecule has 0 saturated carbocycles. The fourth-order valence-electron chi connectivity index (χ4n) is 2.95. The van der Waals surface area contributed by atoms with Gasteiger partial charge in [0.2, 0.25) is 11.8 Å². The lowest BCUT2D eigenvalue weighted by molar-refractivity contribution is -0.132. The van der Waals surface area contributed by atoms with Gasteiger partial charge in [0.25, 0.3) is 0 Å². The molecule has 7 heteroatoms. The molecule has 2 N–H and O–H groups in total. The second kappa shape index (κ2) is 9.23. The molecule has 2 rings (SSSR count). The van der Waals surface area contributed by atoms with E-state index >= 15 is 0 Å². The Balaban J connectivity index is 0.00000220. The second-order valence-electron chi connectivity index (χ2n) is 5.73. The maximum atomic E-state index is 11.9. The monoisotopic (exact) mass is 318 g/mol. The van der Waals surface area contributed by atoms with Crippen LogP contribution in [0.4, 0.5) is 0 Å². The maximum absolute atomic E-state index is 11.9. The topological polar surface area (TPSA) is 64.7 Å². The fraction of sp³-hybridized carbons (Fsp3) is 0.857. The maximum Gasteiger partial charge on any atom is 0.241 e. The van der Waals surface area contributed by atoms with Crippen molar-refractivity contribution in [2.75, 3.05) is 46.3 Å². The zero-order chi connectivity index (χ0) is 14.4. The summed E-state index contributed by atoms with van der Waals surface area (Å²) in [5.74, 6) is -0.00287. The van der Waals surface area contributed by atoms with Crippen LogP contribution in [0.3, 0.4) is 0 Å². The number of hydrogen-bond acceptors (Lipinski definition) is 4. The molecule has 0 radical (unpaired) electrons. The number of likely N-dealkylation sites (tertiary alicyclic amines) is 2. The van der Waals surface area contributed by atoms with Crippen molar-refractivity contribution in [3.63, 3.8) is 0 Å². The Morgan fingerprint density at radius 2 is 1.86 bits per heavy atom. The highest BCUT2D eigenvalue weighted by atomic mass is 35.5. The van der Waals surface area contributed by atoms with E-state index in [9.17, 15) is 9.59 Å². The Labute approximate surface area is 133 Å². The number of halogens is 1. The summed E-state index contributed by atoms with van der Waals surface area (Å²) in [5, 5.41) is 6.01. The van der Waals surface area contributed by atoms with Crippen LogP contribution in [-0.2, 0) is 9.59 Å². The Morgan fingerprint density at radius 1 is 1.14 bits per heavy atom. The molecule has 0 aromatic carbocycles. The minimum Gasteiger partial charge on any atom is -0.346 e. The van der Waals surface area contributed by atoms with E-state index in [1.165, 1.54) is 6.42 Å². The van der Waals surface area contributed by atoms with Crippen LogP contribution in [0.2, 0.25) is 0 Å². The average molecular weight is 319 g/mol. The Bertz CT molecular complexity index is 348. The lowest BCUT2D eigenvalue weighted by Crippen LogP contribution is -2.49. The van der Waals surface area contributed by atoms with E-state index in [0.29, 0.717) is 12.6 Å². The van der Waals surface area contributed by atoms with Gasteiger partial charge in [-0.1, -0.05) is 0 Å². The van der Waals surface area contributed by atoms with E-state index in [4.69, 9.17) is 0 Å². The van der Waals surface area contributed by atoms with Gasteiger partial charge in [0, 0.05) is 25.7 Å². The third-order valence-corrected chi connectivity index (χ3v) is 4.18. The predicted molar refractivity (Wildman–Crippen MR) is 84.6 cm³/mol. The molecule has 0 aromatic heterocycles. The van der Waals surface area contributed by atoms with Crippen molar-refractivity contribution in [1.82, 2.24) is 20.4 Å². The molecule has 122 valence electrons. The van der Waals surface area contributed by atoms with Crippen LogP contribution in [0.15, 0.2) is 0 Å². The second-order valence-corrected chi connectivity index (χ2v) is 5.73. The Kier molecular flexibility index (Phi) is 8.00. The zero-order valence-electron chi connectivity index (χ0n) is 12.8. The third kappa shape index (κ3) is 5.80. The van der Waals surface area contributed by atoms with Gasteiger partial charge in [-0.05, 0) is 39.3 Å². The third-order valence-electron chi connectivity index (χ3n) is 4.18. The van der Waals surface area contributed by atoms with Crippen molar-refractivity contribution >= 4 is 24.2 Å². The van der Waals surface area contributed by atoms with Crippen molar-refractivity contribution in [3.8, 4) is 0 Å². The standard InChI is InChI=1S/C14H26N4O2.ClH/c1-15-12-5-4-6-17(10-12)11-13(19)16-9-14(20)18-7-2-3-8-18;/h12,15H,2-11H2,1H3,(H,16,19);1H. The summed E-state index contributed by atoms with van der Waals surface area (Å²) in [7, 11) is 1.96. The van der Waals surface area contributed by atoms with Gasteiger partial charge < -0.3 is 15.5 Å². The molecule has 1 atom stereocenters. The molecule has 6 nitrogen and oxygen atoms in total.